The van der Waals surface area contributed by atoms with E-state index in [1.807, 2.05) is 0 Å². The van der Waals surface area contributed by atoms with Crippen LogP contribution in [0.5, 0.6) is 0 Å². The second kappa shape index (κ2) is 6.40. The van der Waals surface area contributed by atoms with E-state index in [1.165, 1.54) is 4.90 Å². The molecule has 2 unspecified atom stereocenters. The second-order valence-corrected chi connectivity index (χ2v) is 4.78. The van der Waals surface area contributed by atoms with Gasteiger partial charge >= 0.3 is 12.0 Å². The Morgan fingerprint density at radius 2 is 2.21 bits per heavy atom. The van der Waals surface area contributed by atoms with Crippen LogP contribution in [0.3, 0.4) is 0 Å². The lowest BCUT2D eigenvalue weighted by atomic mass is 10.2. The molecule has 1 rings (SSSR count). The first-order valence-corrected chi connectivity index (χ1v) is 6.40. The van der Waals surface area contributed by atoms with Crippen molar-refractivity contribution in [2.24, 2.45) is 0 Å². The van der Waals surface area contributed by atoms with E-state index in [0.29, 0.717) is 19.5 Å². The first kappa shape index (κ1) is 15.3. The van der Waals surface area contributed by atoms with Crippen LogP contribution < -0.4 is 5.32 Å². The third kappa shape index (κ3) is 3.84. The van der Waals surface area contributed by atoms with Gasteiger partial charge in [-0.15, -0.1) is 0 Å². The molecule has 2 N–H and O–H groups in total. The van der Waals surface area contributed by atoms with Gasteiger partial charge in [-0.3, -0.25) is 9.59 Å². The number of amides is 3. The van der Waals surface area contributed by atoms with E-state index in [-0.39, 0.29) is 18.4 Å². The Labute approximate surface area is 112 Å². The molecule has 2 atom stereocenters. The number of likely N-dealkylation sites (tertiary alicyclic amines) is 1. The summed E-state index contributed by atoms with van der Waals surface area (Å²) < 4.78 is 0. The van der Waals surface area contributed by atoms with Crippen molar-refractivity contribution in [1.82, 2.24) is 15.1 Å². The molecule has 0 bridgehead atoms. The molecule has 0 spiro atoms. The van der Waals surface area contributed by atoms with Crippen LogP contribution in [0, 0.1) is 0 Å². The Morgan fingerprint density at radius 3 is 2.63 bits per heavy atom. The van der Waals surface area contributed by atoms with Crippen molar-refractivity contribution in [3.05, 3.63) is 0 Å². The highest BCUT2D eigenvalue weighted by atomic mass is 16.4. The number of carboxylic acid groups (broad SMARTS) is 1. The highest BCUT2D eigenvalue weighted by Crippen LogP contribution is 2.10. The number of nitrogens with one attached hydrogen (secondary N) is 1. The highest BCUT2D eigenvalue weighted by molar-refractivity contribution is 5.88. The van der Waals surface area contributed by atoms with E-state index in [9.17, 15) is 14.4 Å². The molecule has 1 fully saturated rings. The molecular weight excluding hydrogens is 250 g/mol. The largest absolute Gasteiger partial charge is 0.481 e. The molecule has 0 aromatic rings. The zero-order chi connectivity index (χ0) is 14.6. The van der Waals surface area contributed by atoms with Crippen LogP contribution in [0.4, 0.5) is 4.79 Å². The van der Waals surface area contributed by atoms with Crippen LogP contribution in [-0.4, -0.2) is 65.0 Å². The van der Waals surface area contributed by atoms with E-state index in [1.54, 1.807) is 25.8 Å². The van der Waals surface area contributed by atoms with Gasteiger partial charge < -0.3 is 20.2 Å². The van der Waals surface area contributed by atoms with Crippen LogP contribution in [0.2, 0.25) is 0 Å². The molecule has 0 aliphatic carbocycles. The fraction of sp³-hybridized carbons (Fsp3) is 0.750. The van der Waals surface area contributed by atoms with Crippen LogP contribution >= 0.6 is 0 Å². The molecule has 0 aromatic heterocycles. The number of urea groups is 1. The number of carbonyl (C=O) groups is 3. The quantitative estimate of drug-likeness (QED) is 0.742. The summed E-state index contributed by atoms with van der Waals surface area (Å²) in [6, 6.07) is -1.29. The van der Waals surface area contributed by atoms with E-state index in [4.69, 9.17) is 5.11 Å². The average Bonchev–Trinajstić information content (AvgIpc) is 2.61. The fourth-order valence-corrected chi connectivity index (χ4v) is 2.21. The Morgan fingerprint density at radius 1 is 1.58 bits per heavy atom. The number of carbonyl (C=O) groups excluding carboxylic acids is 2. The van der Waals surface area contributed by atoms with Crippen LogP contribution in [0.25, 0.3) is 0 Å². The molecule has 0 aromatic carbocycles. The summed E-state index contributed by atoms with van der Waals surface area (Å²) in [6.07, 6.45) is 0.478. The van der Waals surface area contributed by atoms with E-state index in [2.05, 4.69) is 5.32 Å². The Kier molecular flexibility index (Phi) is 5.14. The van der Waals surface area contributed by atoms with Crippen molar-refractivity contribution >= 4 is 17.9 Å². The maximum Gasteiger partial charge on any atom is 0.318 e. The monoisotopic (exact) mass is 271 g/mol. The molecule has 0 saturated carbocycles. The standard InChI is InChI=1S/C12H21N3O4/c1-4-15(8(2)7-10(16)17)12(19)13-9-5-6-14(3)11(9)18/h8-9H,4-7H2,1-3H3,(H,13,19)(H,16,17). The van der Waals surface area contributed by atoms with Crippen molar-refractivity contribution in [3.8, 4) is 0 Å². The summed E-state index contributed by atoms with van der Waals surface area (Å²) in [5.41, 5.74) is 0. The fourth-order valence-electron chi connectivity index (χ4n) is 2.21. The van der Waals surface area contributed by atoms with Gasteiger partial charge in [-0.2, -0.15) is 0 Å². The lowest BCUT2D eigenvalue weighted by Crippen LogP contribution is -2.50. The lowest BCUT2D eigenvalue weighted by molar-refractivity contribution is -0.138. The number of hydrogen-bond acceptors (Lipinski definition) is 3. The van der Waals surface area contributed by atoms with E-state index < -0.39 is 18.1 Å². The van der Waals surface area contributed by atoms with Gasteiger partial charge in [0.15, 0.2) is 0 Å². The normalized spacial score (nSPS) is 20.3. The Balaban J connectivity index is 2.59. The molecule has 7 nitrogen and oxygen atoms in total. The predicted octanol–water partition coefficient (Wildman–Crippen LogP) is 0.112. The highest BCUT2D eigenvalue weighted by Gasteiger charge is 2.32. The van der Waals surface area contributed by atoms with Gasteiger partial charge in [0.2, 0.25) is 5.91 Å². The van der Waals surface area contributed by atoms with E-state index in [0.717, 1.165) is 0 Å². The predicted molar refractivity (Wildman–Crippen MR) is 68.7 cm³/mol. The summed E-state index contributed by atoms with van der Waals surface area (Å²) in [5.74, 6) is -1.05. The maximum atomic E-state index is 12.1. The minimum atomic E-state index is -0.949. The SMILES string of the molecule is CCN(C(=O)NC1CCN(C)C1=O)C(C)CC(=O)O. The second-order valence-electron chi connectivity index (χ2n) is 4.78. The van der Waals surface area contributed by atoms with Crippen LogP contribution in [-0.2, 0) is 9.59 Å². The van der Waals surface area contributed by atoms with Gasteiger partial charge in [0.25, 0.3) is 0 Å². The molecule has 108 valence electrons. The third-order valence-corrected chi connectivity index (χ3v) is 3.33. The lowest BCUT2D eigenvalue weighted by Gasteiger charge is -2.28. The molecule has 19 heavy (non-hydrogen) atoms. The Bertz CT molecular complexity index is 372. The minimum absolute atomic E-state index is 0.102. The number of rotatable bonds is 5. The van der Waals surface area contributed by atoms with Crippen molar-refractivity contribution in [2.45, 2.75) is 38.8 Å². The molecule has 1 aliphatic heterocycles. The van der Waals surface area contributed by atoms with Crippen molar-refractivity contribution in [2.75, 3.05) is 20.1 Å². The minimum Gasteiger partial charge on any atom is -0.481 e. The summed E-state index contributed by atoms with van der Waals surface area (Å²) in [6.45, 7) is 4.48. The molecule has 0 radical (unpaired) electrons. The van der Waals surface area contributed by atoms with Crippen molar-refractivity contribution in [1.29, 1.82) is 0 Å². The van der Waals surface area contributed by atoms with Gasteiger partial charge in [0.1, 0.15) is 6.04 Å². The Hall–Kier alpha value is -1.79. The first-order valence-electron chi connectivity index (χ1n) is 6.40. The molecule has 1 saturated heterocycles. The smallest absolute Gasteiger partial charge is 0.318 e. The topological polar surface area (TPSA) is 90.0 Å². The number of carboxylic acids is 1. The molecule has 7 heteroatoms. The molecule has 3 amide bonds. The van der Waals surface area contributed by atoms with Gasteiger partial charge in [-0.1, -0.05) is 0 Å². The summed E-state index contributed by atoms with van der Waals surface area (Å²) in [4.78, 5) is 37.4. The number of aliphatic carboxylic acids is 1. The molecular formula is C12H21N3O4. The number of hydrogen-bond donors (Lipinski definition) is 2. The van der Waals surface area contributed by atoms with Gasteiger partial charge in [-0.05, 0) is 20.3 Å². The summed E-state index contributed by atoms with van der Waals surface area (Å²) in [7, 11) is 1.69. The van der Waals surface area contributed by atoms with Crippen LogP contribution in [0.15, 0.2) is 0 Å². The molecule has 1 aliphatic rings. The molecule has 1 heterocycles. The van der Waals surface area contributed by atoms with Crippen LogP contribution in [0.1, 0.15) is 26.7 Å². The van der Waals surface area contributed by atoms with Crippen molar-refractivity contribution in [3.63, 3.8) is 0 Å². The zero-order valence-electron chi connectivity index (χ0n) is 11.5. The van der Waals surface area contributed by atoms with Crippen molar-refractivity contribution < 1.29 is 19.5 Å². The summed E-state index contributed by atoms with van der Waals surface area (Å²) >= 11 is 0. The van der Waals surface area contributed by atoms with Gasteiger partial charge in [0.05, 0.1) is 6.42 Å². The van der Waals surface area contributed by atoms with Gasteiger partial charge in [-0.25, -0.2) is 4.79 Å². The zero-order valence-corrected chi connectivity index (χ0v) is 11.5. The number of likely N-dealkylation sites (N-methyl/N-ethyl adjacent to an activating group) is 1. The average molecular weight is 271 g/mol. The first-order chi connectivity index (χ1) is 8.86. The summed E-state index contributed by atoms with van der Waals surface area (Å²) in [5, 5.41) is 11.4. The third-order valence-electron chi connectivity index (χ3n) is 3.33. The van der Waals surface area contributed by atoms with E-state index >= 15 is 0 Å². The van der Waals surface area contributed by atoms with Gasteiger partial charge in [0, 0.05) is 26.2 Å². The number of nitrogens with zero attached hydrogens (tertiary/aromatic N) is 2. The maximum absolute atomic E-state index is 12.1.